The van der Waals surface area contributed by atoms with E-state index in [-0.39, 0.29) is 5.82 Å². The maximum absolute atomic E-state index is 13.1. The van der Waals surface area contributed by atoms with E-state index in [0.717, 1.165) is 12.1 Å². The van der Waals surface area contributed by atoms with Crippen molar-refractivity contribution < 1.29 is 9.13 Å². The van der Waals surface area contributed by atoms with Crippen molar-refractivity contribution in [1.82, 2.24) is 0 Å². The summed E-state index contributed by atoms with van der Waals surface area (Å²) >= 11 is 0. The van der Waals surface area contributed by atoms with Crippen LogP contribution in [0.2, 0.25) is 0 Å². The zero-order valence-electron chi connectivity index (χ0n) is 11.4. The quantitative estimate of drug-likeness (QED) is 0.868. The van der Waals surface area contributed by atoms with Crippen LogP contribution in [0.3, 0.4) is 0 Å². The fraction of sp³-hybridized carbons (Fsp3) is 0.600. The highest BCUT2D eigenvalue weighted by Crippen LogP contribution is 2.37. The molecule has 1 fully saturated rings. The van der Waals surface area contributed by atoms with E-state index < -0.39 is 0 Å². The molecule has 1 N–H and O–H groups in total. The minimum absolute atomic E-state index is 0.263. The van der Waals surface area contributed by atoms with Crippen LogP contribution in [0.25, 0.3) is 0 Å². The lowest BCUT2D eigenvalue weighted by atomic mass is 9.75. The molecule has 1 unspecified atom stereocenters. The normalized spacial score (nSPS) is 22.6. The van der Waals surface area contributed by atoms with Crippen molar-refractivity contribution in [1.29, 1.82) is 0 Å². The van der Waals surface area contributed by atoms with Crippen LogP contribution in [-0.2, 0) is 0 Å². The van der Waals surface area contributed by atoms with Gasteiger partial charge < -0.3 is 10.1 Å². The topological polar surface area (TPSA) is 21.3 Å². The SMILES string of the molecule is COc1cc(F)ccc1NC1CCCC(C)(C)C1. The van der Waals surface area contributed by atoms with Crippen LogP contribution >= 0.6 is 0 Å². The summed E-state index contributed by atoms with van der Waals surface area (Å²) in [7, 11) is 1.57. The summed E-state index contributed by atoms with van der Waals surface area (Å²) in [4.78, 5) is 0. The van der Waals surface area contributed by atoms with E-state index in [0.29, 0.717) is 17.2 Å². The van der Waals surface area contributed by atoms with E-state index in [4.69, 9.17) is 4.74 Å². The third kappa shape index (κ3) is 3.15. The zero-order chi connectivity index (χ0) is 13.2. The second-order valence-electron chi connectivity index (χ2n) is 5.95. The molecule has 0 saturated heterocycles. The van der Waals surface area contributed by atoms with Crippen molar-refractivity contribution in [3.63, 3.8) is 0 Å². The number of rotatable bonds is 3. The van der Waals surface area contributed by atoms with Gasteiger partial charge in [-0.05, 0) is 36.8 Å². The van der Waals surface area contributed by atoms with Gasteiger partial charge in [-0.15, -0.1) is 0 Å². The predicted molar refractivity (Wildman–Crippen MR) is 72.6 cm³/mol. The van der Waals surface area contributed by atoms with Crippen LogP contribution in [0, 0.1) is 11.2 Å². The average molecular weight is 251 g/mol. The molecule has 2 nitrogen and oxygen atoms in total. The number of anilines is 1. The Labute approximate surface area is 109 Å². The number of benzene rings is 1. The van der Waals surface area contributed by atoms with Crippen molar-refractivity contribution in [3.05, 3.63) is 24.0 Å². The maximum Gasteiger partial charge on any atom is 0.144 e. The number of hydrogen-bond acceptors (Lipinski definition) is 2. The van der Waals surface area contributed by atoms with Crippen molar-refractivity contribution >= 4 is 5.69 Å². The first kappa shape index (κ1) is 13.2. The van der Waals surface area contributed by atoms with Crippen LogP contribution < -0.4 is 10.1 Å². The fourth-order valence-corrected chi connectivity index (χ4v) is 2.83. The molecule has 1 atom stereocenters. The number of nitrogens with one attached hydrogen (secondary N) is 1. The summed E-state index contributed by atoms with van der Waals surface area (Å²) in [6.07, 6.45) is 4.84. The van der Waals surface area contributed by atoms with Gasteiger partial charge in [0.2, 0.25) is 0 Å². The molecule has 18 heavy (non-hydrogen) atoms. The molecule has 0 amide bonds. The molecule has 1 aromatic carbocycles. The summed E-state index contributed by atoms with van der Waals surface area (Å²) in [5.74, 6) is 0.319. The monoisotopic (exact) mass is 251 g/mol. The molecule has 0 aromatic heterocycles. The minimum Gasteiger partial charge on any atom is -0.494 e. The number of ether oxygens (including phenoxy) is 1. The van der Waals surface area contributed by atoms with Gasteiger partial charge in [0.15, 0.2) is 0 Å². The average Bonchev–Trinajstić information content (AvgIpc) is 2.30. The summed E-state index contributed by atoms with van der Waals surface area (Å²) < 4.78 is 18.3. The number of methoxy groups -OCH3 is 1. The van der Waals surface area contributed by atoms with Gasteiger partial charge in [0.25, 0.3) is 0 Å². The lowest BCUT2D eigenvalue weighted by Gasteiger charge is -2.36. The molecule has 100 valence electrons. The van der Waals surface area contributed by atoms with E-state index in [9.17, 15) is 4.39 Å². The summed E-state index contributed by atoms with van der Waals surface area (Å²) in [5, 5.41) is 3.49. The van der Waals surface area contributed by atoms with Crippen molar-refractivity contribution in [2.75, 3.05) is 12.4 Å². The minimum atomic E-state index is -0.263. The maximum atomic E-state index is 13.1. The van der Waals surface area contributed by atoms with Crippen LogP contribution in [0.15, 0.2) is 18.2 Å². The Morgan fingerprint density at radius 2 is 2.17 bits per heavy atom. The lowest BCUT2D eigenvalue weighted by Crippen LogP contribution is -2.31. The molecule has 0 spiro atoms. The van der Waals surface area contributed by atoms with Crippen LogP contribution in [0.5, 0.6) is 5.75 Å². The van der Waals surface area contributed by atoms with Gasteiger partial charge in [0.05, 0.1) is 12.8 Å². The smallest absolute Gasteiger partial charge is 0.144 e. The molecule has 0 heterocycles. The molecule has 3 heteroatoms. The first-order valence-corrected chi connectivity index (χ1v) is 6.60. The molecular formula is C15H22FNO. The molecular weight excluding hydrogens is 229 g/mol. The van der Waals surface area contributed by atoms with Crippen molar-refractivity contribution in [3.8, 4) is 5.75 Å². The van der Waals surface area contributed by atoms with E-state index in [1.807, 2.05) is 0 Å². The molecule has 1 aliphatic carbocycles. The van der Waals surface area contributed by atoms with Gasteiger partial charge in [0.1, 0.15) is 11.6 Å². The Kier molecular flexibility index (Phi) is 3.79. The van der Waals surface area contributed by atoms with E-state index >= 15 is 0 Å². The Morgan fingerprint density at radius 1 is 1.39 bits per heavy atom. The highest BCUT2D eigenvalue weighted by atomic mass is 19.1. The van der Waals surface area contributed by atoms with Crippen LogP contribution in [0.4, 0.5) is 10.1 Å². The first-order valence-electron chi connectivity index (χ1n) is 6.60. The highest BCUT2D eigenvalue weighted by Gasteiger charge is 2.28. The van der Waals surface area contributed by atoms with Gasteiger partial charge >= 0.3 is 0 Å². The number of hydrogen-bond donors (Lipinski definition) is 1. The highest BCUT2D eigenvalue weighted by molar-refractivity contribution is 5.57. The summed E-state index contributed by atoms with van der Waals surface area (Å²) in [6.45, 7) is 4.62. The molecule has 0 aliphatic heterocycles. The molecule has 0 bridgehead atoms. The van der Waals surface area contributed by atoms with Crippen molar-refractivity contribution in [2.45, 2.75) is 45.6 Å². The molecule has 2 rings (SSSR count). The second-order valence-corrected chi connectivity index (χ2v) is 5.95. The predicted octanol–water partition coefficient (Wildman–Crippen LogP) is 4.22. The Morgan fingerprint density at radius 3 is 2.83 bits per heavy atom. The van der Waals surface area contributed by atoms with Gasteiger partial charge in [0, 0.05) is 12.1 Å². The van der Waals surface area contributed by atoms with Gasteiger partial charge in [-0.3, -0.25) is 0 Å². The largest absolute Gasteiger partial charge is 0.494 e. The number of halogens is 1. The van der Waals surface area contributed by atoms with Gasteiger partial charge in [-0.25, -0.2) is 4.39 Å². The Hall–Kier alpha value is -1.25. The zero-order valence-corrected chi connectivity index (χ0v) is 11.4. The summed E-state index contributed by atoms with van der Waals surface area (Å²) in [5.41, 5.74) is 1.28. The summed E-state index contributed by atoms with van der Waals surface area (Å²) in [6, 6.07) is 5.11. The fourth-order valence-electron chi connectivity index (χ4n) is 2.83. The molecule has 0 radical (unpaired) electrons. The van der Waals surface area contributed by atoms with E-state index in [1.165, 1.54) is 31.4 Å². The third-order valence-corrected chi connectivity index (χ3v) is 3.73. The molecule has 1 aromatic rings. The Balaban J connectivity index is 2.09. The van der Waals surface area contributed by atoms with Crippen LogP contribution in [0.1, 0.15) is 39.5 Å². The second kappa shape index (κ2) is 5.17. The van der Waals surface area contributed by atoms with Crippen molar-refractivity contribution in [2.24, 2.45) is 5.41 Å². The van der Waals surface area contributed by atoms with Gasteiger partial charge in [-0.1, -0.05) is 20.3 Å². The van der Waals surface area contributed by atoms with E-state index in [2.05, 4.69) is 19.2 Å². The molecule has 1 aliphatic rings. The molecule has 1 saturated carbocycles. The standard InChI is InChI=1S/C15H22FNO/c1-15(2)8-4-5-12(10-15)17-13-7-6-11(16)9-14(13)18-3/h6-7,9,12,17H,4-5,8,10H2,1-3H3. The van der Waals surface area contributed by atoms with E-state index in [1.54, 1.807) is 13.2 Å². The first-order chi connectivity index (χ1) is 8.50. The lowest BCUT2D eigenvalue weighted by molar-refractivity contribution is 0.229. The van der Waals surface area contributed by atoms with Gasteiger partial charge in [-0.2, -0.15) is 0 Å². The van der Waals surface area contributed by atoms with Crippen LogP contribution in [-0.4, -0.2) is 13.2 Å². The Bertz CT molecular complexity index is 417. The third-order valence-electron chi connectivity index (χ3n) is 3.73.